The molecule has 1 aromatic heterocycles. The van der Waals surface area contributed by atoms with E-state index >= 15 is 0 Å². The van der Waals surface area contributed by atoms with Gasteiger partial charge in [0.25, 0.3) is 0 Å². The maximum absolute atomic E-state index is 8.85. The van der Waals surface area contributed by atoms with Crippen molar-refractivity contribution in [2.24, 2.45) is 5.73 Å². The van der Waals surface area contributed by atoms with Crippen molar-refractivity contribution in [3.05, 3.63) is 29.6 Å². The number of nitrogens with zero attached hydrogens (tertiary/aromatic N) is 1. The van der Waals surface area contributed by atoms with Gasteiger partial charge in [-0.2, -0.15) is 0 Å². The van der Waals surface area contributed by atoms with Crippen LogP contribution < -0.4 is 5.73 Å². The maximum Gasteiger partial charge on any atom is 0.133 e. The normalized spacial score (nSPS) is 10.9. The highest BCUT2D eigenvalue weighted by molar-refractivity contribution is 5.75. The van der Waals surface area contributed by atoms with E-state index in [-0.39, 0.29) is 6.61 Å². The molecule has 0 amide bonds. The fourth-order valence-corrected chi connectivity index (χ4v) is 1.31. The number of aromatic amines is 1. The summed E-state index contributed by atoms with van der Waals surface area (Å²) in [6, 6.07) is 5.78. The van der Waals surface area contributed by atoms with Crippen molar-refractivity contribution in [1.29, 1.82) is 0 Å². The minimum atomic E-state index is -0.0629. The molecule has 4 heteroatoms. The number of nitrogens with two attached hydrogens (primary N) is 1. The molecule has 2 aromatic rings. The van der Waals surface area contributed by atoms with Gasteiger partial charge in [-0.25, -0.2) is 4.98 Å². The third kappa shape index (κ3) is 1.41. The number of nitrogens with one attached hydrogen (secondary N) is 1. The molecule has 0 fully saturated rings. The summed E-state index contributed by atoms with van der Waals surface area (Å²) in [5.41, 5.74) is 8.34. The van der Waals surface area contributed by atoms with Gasteiger partial charge in [0.1, 0.15) is 12.4 Å². The van der Waals surface area contributed by atoms with E-state index in [9.17, 15) is 0 Å². The summed E-state index contributed by atoms with van der Waals surface area (Å²) in [5, 5.41) is 8.85. The minimum absolute atomic E-state index is 0.0629. The molecule has 68 valence electrons. The molecule has 0 spiro atoms. The van der Waals surface area contributed by atoms with E-state index in [2.05, 4.69) is 9.97 Å². The summed E-state index contributed by atoms with van der Waals surface area (Å²) in [4.78, 5) is 7.16. The van der Waals surface area contributed by atoms with Gasteiger partial charge in [0, 0.05) is 6.54 Å². The Morgan fingerprint density at radius 2 is 2.31 bits per heavy atom. The molecule has 4 nitrogen and oxygen atoms in total. The van der Waals surface area contributed by atoms with Gasteiger partial charge in [-0.05, 0) is 17.7 Å². The molecule has 0 radical (unpaired) electrons. The van der Waals surface area contributed by atoms with Gasteiger partial charge in [0.05, 0.1) is 11.0 Å². The first-order chi connectivity index (χ1) is 6.33. The first-order valence-corrected chi connectivity index (χ1v) is 4.12. The number of hydrogen-bond donors (Lipinski definition) is 3. The fraction of sp³-hybridized carbons (Fsp3) is 0.222. The lowest BCUT2D eigenvalue weighted by Gasteiger charge is -1.94. The van der Waals surface area contributed by atoms with E-state index in [1.54, 1.807) is 0 Å². The van der Waals surface area contributed by atoms with Crippen molar-refractivity contribution >= 4 is 11.0 Å². The molecule has 0 aliphatic carbocycles. The van der Waals surface area contributed by atoms with Crippen molar-refractivity contribution in [1.82, 2.24) is 9.97 Å². The summed E-state index contributed by atoms with van der Waals surface area (Å²) in [7, 11) is 0. The van der Waals surface area contributed by atoms with Crippen LogP contribution in [-0.2, 0) is 13.2 Å². The standard InChI is InChI=1S/C9H11N3O/c10-4-6-1-2-7-8(3-6)12-9(5-13)11-7/h1-3,13H,4-5,10H2,(H,11,12). The van der Waals surface area contributed by atoms with Crippen LogP contribution in [0.5, 0.6) is 0 Å². The van der Waals surface area contributed by atoms with E-state index in [1.165, 1.54) is 0 Å². The topological polar surface area (TPSA) is 74.9 Å². The zero-order valence-electron chi connectivity index (χ0n) is 7.12. The molecule has 1 aromatic carbocycles. The third-order valence-electron chi connectivity index (χ3n) is 1.98. The molecule has 13 heavy (non-hydrogen) atoms. The molecular weight excluding hydrogens is 166 g/mol. The summed E-state index contributed by atoms with van der Waals surface area (Å²) >= 11 is 0. The van der Waals surface area contributed by atoms with Crippen molar-refractivity contribution in [3.63, 3.8) is 0 Å². The molecule has 0 atom stereocenters. The van der Waals surface area contributed by atoms with Crippen molar-refractivity contribution in [2.45, 2.75) is 13.2 Å². The number of rotatable bonds is 2. The van der Waals surface area contributed by atoms with Gasteiger partial charge in [-0.15, -0.1) is 0 Å². The number of benzene rings is 1. The average Bonchev–Trinajstić information content (AvgIpc) is 2.58. The zero-order chi connectivity index (χ0) is 9.26. The fourth-order valence-electron chi connectivity index (χ4n) is 1.31. The largest absolute Gasteiger partial charge is 0.388 e. The number of aliphatic hydroxyl groups is 1. The van der Waals surface area contributed by atoms with E-state index < -0.39 is 0 Å². The predicted molar refractivity (Wildman–Crippen MR) is 49.9 cm³/mol. The quantitative estimate of drug-likeness (QED) is 0.625. The molecule has 0 aliphatic heterocycles. The van der Waals surface area contributed by atoms with Crippen LogP contribution in [0.2, 0.25) is 0 Å². The van der Waals surface area contributed by atoms with Crippen molar-refractivity contribution < 1.29 is 5.11 Å². The average molecular weight is 177 g/mol. The first-order valence-electron chi connectivity index (χ1n) is 4.12. The zero-order valence-corrected chi connectivity index (χ0v) is 7.12. The molecule has 0 saturated carbocycles. The van der Waals surface area contributed by atoms with E-state index in [0.717, 1.165) is 16.6 Å². The number of aromatic nitrogens is 2. The minimum Gasteiger partial charge on any atom is -0.388 e. The van der Waals surface area contributed by atoms with Crippen LogP contribution in [0.3, 0.4) is 0 Å². The van der Waals surface area contributed by atoms with Crippen LogP contribution in [0.4, 0.5) is 0 Å². The highest BCUT2D eigenvalue weighted by Crippen LogP contribution is 2.13. The molecule has 1 heterocycles. The molecule has 0 aliphatic rings. The number of imidazole rings is 1. The smallest absolute Gasteiger partial charge is 0.133 e. The highest BCUT2D eigenvalue weighted by Gasteiger charge is 2.01. The van der Waals surface area contributed by atoms with Crippen LogP contribution in [0.15, 0.2) is 18.2 Å². The van der Waals surface area contributed by atoms with Crippen molar-refractivity contribution in [2.75, 3.05) is 0 Å². The Balaban J connectivity index is 2.57. The Morgan fingerprint density at radius 3 is 3.00 bits per heavy atom. The van der Waals surface area contributed by atoms with Gasteiger partial charge >= 0.3 is 0 Å². The number of hydrogen-bond acceptors (Lipinski definition) is 3. The van der Waals surface area contributed by atoms with E-state index in [1.807, 2.05) is 18.2 Å². The lowest BCUT2D eigenvalue weighted by atomic mass is 10.2. The number of H-pyrrole nitrogens is 1. The molecule has 4 N–H and O–H groups in total. The van der Waals surface area contributed by atoms with Gasteiger partial charge in [0.15, 0.2) is 0 Å². The Labute approximate surface area is 75.4 Å². The van der Waals surface area contributed by atoms with Crippen molar-refractivity contribution in [3.8, 4) is 0 Å². The third-order valence-corrected chi connectivity index (χ3v) is 1.98. The monoisotopic (exact) mass is 177 g/mol. The molecule has 0 bridgehead atoms. The van der Waals surface area contributed by atoms with Gasteiger partial charge in [-0.3, -0.25) is 0 Å². The van der Waals surface area contributed by atoms with Gasteiger partial charge in [0.2, 0.25) is 0 Å². The first kappa shape index (κ1) is 8.22. The van der Waals surface area contributed by atoms with Gasteiger partial charge < -0.3 is 15.8 Å². The van der Waals surface area contributed by atoms with Crippen LogP contribution in [0.1, 0.15) is 11.4 Å². The highest BCUT2D eigenvalue weighted by atomic mass is 16.3. The van der Waals surface area contributed by atoms with Crippen LogP contribution in [0, 0.1) is 0 Å². The van der Waals surface area contributed by atoms with Crippen LogP contribution in [-0.4, -0.2) is 15.1 Å². The Bertz CT molecular complexity index is 420. The summed E-state index contributed by atoms with van der Waals surface area (Å²) in [5.74, 6) is 0.587. The summed E-state index contributed by atoms with van der Waals surface area (Å²) in [6.45, 7) is 0.454. The maximum atomic E-state index is 8.85. The van der Waals surface area contributed by atoms with Gasteiger partial charge in [-0.1, -0.05) is 6.07 Å². The Hall–Kier alpha value is -1.39. The van der Waals surface area contributed by atoms with Crippen LogP contribution >= 0.6 is 0 Å². The Kier molecular flexibility index (Phi) is 2.00. The molecule has 2 rings (SSSR count). The molecule has 0 saturated heterocycles. The second kappa shape index (κ2) is 3.16. The van der Waals surface area contributed by atoms with E-state index in [0.29, 0.717) is 12.4 Å². The number of aliphatic hydroxyl groups excluding tert-OH is 1. The second-order valence-electron chi connectivity index (χ2n) is 2.90. The predicted octanol–water partition coefficient (Wildman–Crippen LogP) is 0.514. The molecule has 0 unspecified atom stereocenters. The lowest BCUT2D eigenvalue weighted by molar-refractivity contribution is 0.273. The molecular formula is C9H11N3O. The van der Waals surface area contributed by atoms with E-state index in [4.69, 9.17) is 10.8 Å². The SMILES string of the molecule is NCc1ccc2nc(CO)[nH]c2c1. The summed E-state index contributed by atoms with van der Waals surface area (Å²) in [6.07, 6.45) is 0. The van der Waals surface area contributed by atoms with Crippen LogP contribution in [0.25, 0.3) is 11.0 Å². The number of fused-ring (bicyclic) bond motifs is 1. The lowest BCUT2D eigenvalue weighted by Crippen LogP contribution is -1.95. The second-order valence-corrected chi connectivity index (χ2v) is 2.90. The summed E-state index contributed by atoms with van der Waals surface area (Å²) < 4.78 is 0. The Morgan fingerprint density at radius 1 is 1.46 bits per heavy atom.